The third kappa shape index (κ3) is 4.30. The van der Waals surface area contributed by atoms with Crippen LogP contribution in [0.4, 0.5) is 10.1 Å². The van der Waals surface area contributed by atoms with E-state index in [1.807, 2.05) is 0 Å². The zero-order valence-corrected chi connectivity index (χ0v) is 18.0. The molecule has 0 aliphatic carbocycles. The van der Waals surface area contributed by atoms with Gasteiger partial charge in [-0.25, -0.2) is 12.8 Å². The summed E-state index contributed by atoms with van der Waals surface area (Å²) in [5.74, 6) is -0.814. The zero-order chi connectivity index (χ0) is 22.2. The minimum absolute atomic E-state index is 0.110. The van der Waals surface area contributed by atoms with Gasteiger partial charge in [-0.15, -0.1) is 0 Å². The topological polar surface area (TPSA) is 88.6 Å². The Morgan fingerprint density at radius 2 is 1.84 bits per heavy atom. The Hall–Kier alpha value is -2.88. The van der Waals surface area contributed by atoms with Crippen LogP contribution >= 0.6 is 0 Å². The average Bonchev–Trinajstić information content (AvgIpc) is 2.75. The summed E-state index contributed by atoms with van der Waals surface area (Å²) in [6, 6.07) is 10.5. The van der Waals surface area contributed by atoms with Gasteiger partial charge in [0.2, 0.25) is 10.0 Å². The fraction of sp³-hybridized carbons (Fsp3) is 0.273. The van der Waals surface area contributed by atoms with E-state index in [4.69, 9.17) is 4.74 Å². The number of amides is 1. The Morgan fingerprint density at radius 3 is 2.58 bits per heavy atom. The van der Waals surface area contributed by atoms with Crippen molar-refractivity contribution in [2.45, 2.75) is 18.7 Å². The monoisotopic (exact) mass is 443 g/mol. The molecule has 7 nitrogen and oxygen atoms in total. The number of pyridine rings is 1. The lowest BCUT2D eigenvalue weighted by Gasteiger charge is -2.26. The number of morpholine rings is 1. The predicted molar refractivity (Wildman–Crippen MR) is 115 cm³/mol. The first-order valence-corrected chi connectivity index (χ1v) is 11.3. The van der Waals surface area contributed by atoms with Crippen LogP contribution in [0.25, 0.3) is 10.9 Å². The number of nitrogens with one attached hydrogen (secondary N) is 1. The first-order valence-electron chi connectivity index (χ1n) is 9.82. The van der Waals surface area contributed by atoms with Gasteiger partial charge >= 0.3 is 0 Å². The second-order valence-electron chi connectivity index (χ2n) is 7.41. The molecule has 9 heteroatoms. The Labute approximate surface area is 179 Å². The molecule has 1 saturated heterocycles. The van der Waals surface area contributed by atoms with E-state index in [2.05, 4.69) is 10.3 Å². The summed E-state index contributed by atoms with van der Waals surface area (Å²) in [5, 5.41) is 3.43. The maximum absolute atomic E-state index is 13.4. The van der Waals surface area contributed by atoms with E-state index in [1.165, 1.54) is 28.6 Å². The zero-order valence-electron chi connectivity index (χ0n) is 17.2. The first-order chi connectivity index (χ1) is 14.8. The summed E-state index contributed by atoms with van der Waals surface area (Å²) in [4.78, 5) is 17.4. The van der Waals surface area contributed by atoms with E-state index in [1.54, 1.807) is 32.0 Å². The van der Waals surface area contributed by atoms with Gasteiger partial charge in [0.15, 0.2) is 0 Å². The van der Waals surface area contributed by atoms with Crippen LogP contribution in [0.1, 0.15) is 21.6 Å². The largest absolute Gasteiger partial charge is 0.379 e. The van der Waals surface area contributed by atoms with Crippen LogP contribution < -0.4 is 5.32 Å². The Kier molecular flexibility index (Phi) is 5.74. The molecule has 0 unspecified atom stereocenters. The molecule has 0 radical (unpaired) electrons. The van der Waals surface area contributed by atoms with E-state index >= 15 is 0 Å². The number of carbonyl (C=O) groups is 1. The van der Waals surface area contributed by atoms with Crippen LogP contribution in [0, 0.1) is 19.7 Å². The molecule has 4 rings (SSSR count). The van der Waals surface area contributed by atoms with Gasteiger partial charge < -0.3 is 10.1 Å². The second kappa shape index (κ2) is 8.33. The van der Waals surface area contributed by atoms with E-state index in [0.717, 1.165) is 5.56 Å². The van der Waals surface area contributed by atoms with Crippen LogP contribution in [-0.2, 0) is 14.8 Å². The molecule has 162 valence electrons. The van der Waals surface area contributed by atoms with Gasteiger partial charge in [-0.1, -0.05) is 6.07 Å². The Balaban J connectivity index is 1.64. The molecule has 1 aromatic heterocycles. The molecule has 0 saturated carbocycles. The van der Waals surface area contributed by atoms with Gasteiger partial charge in [0.05, 0.1) is 34.9 Å². The summed E-state index contributed by atoms with van der Waals surface area (Å²) < 4.78 is 46.0. The van der Waals surface area contributed by atoms with Crippen LogP contribution in [-0.4, -0.2) is 49.9 Å². The van der Waals surface area contributed by atoms with Crippen LogP contribution in [0.15, 0.2) is 47.4 Å². The number of anilines is 1. The number of sulfonamides is 1. The van der Waals surface area contributed by atoms with Crippen molar-refractivity contribution >= 4 is 32.5 Å². The van der Waals surface area contributed by atoms with Crippen molar-refractivity contribution in [3.8, 4) is 0 Å². The maximum Gasteiger partial charge on any atom is 0.257 e. The molecule has 1 N–H and O–H groups in total. The lowest BCUT2D eigenvalue weighted by Crippen LogP contribution is -2.40. The first kappa shape index (κ1) is 21.4. The van der Waals surface area contributed by atoms with Gasteiger partial charge in [-0.05, 0) is 49.7 Å². The number of hydrogen-bond acceptors (Lipinski definition) is 5. The number of aromatic nitrogens is 1. The highest BCUT2D eigenvalue weighted by molar-refractivity contribution is 7.89. The SMILES string of the molecule is Cc1ccc(S(=O)(=O)N2CCOCC2)cc1NC(=O)c1cc2ccc(F)cc2nc1C. The van der Waals surface area contributed by atoms with Crippen molar-refractivity contribution in [3.05, 3.63) is 65.1 Å². The molecule has 1 amide bonds. The third-order valence-electron chi connectivity index (χ3n) is 5.28. The van der Waals surface area contributed by atoms with Crippen molar-refractivity contribution in [2.24, 2.45) is 0 Å². The summed E-state index contributed by atoms with van der Waals surface area (Å²) in [6.45, 7) is 4.75. The van der Waals surface area contributed by atoms with Gasteiger partial charge in [-0.2, -0.15) is 4.31 Å². The summed E-state index contributed by atoms with van der Waals surface area (Å²) in [7, 11) is -3.69. The van der Waals surface area contributed by atoms with Crippen molar-refractivity contribution < 1.29 is 22.3 Å². The number of ether oxygens (including phenoxy) is 1. The van der Waals surface area contributed by atoms with E-state index in [9.17, 15) is 17.6 Å². The van der Waals surface area contributed by atoms with Crippen LogP contribution in [0.3, 0.4) is 0 Å². The predicted octanol–water partition coefficient (Wildman–Crippen LogP) is 3.26. The highest BCUT2D eigenvalue weighted by atomic mass is 32.2. The molecule has 1 aliphatic rings. The molecule has 3 aromatic rings. The molecule has 31 heavy (non-hydrogen) atoms. The molecule has 1 fully saturated rings. The van der Waals surface area contributed by atoms with Gasteiger partial charge in [0.1, 0.15) is 5.82 Å². The molecule has 0 spiro atoms. The van der Waals surface area contributed by atoms with Gasteiger partial charge in [0.25, 0.3) is 5.91 Å². The Morgan fingerprint density at radius 1 is 1.10 bits per heavy atom. The van der Waals surface area contributed by atoms with Gasteiger partial charge in [-0.3, -0.25) is 9.78 Å². The minimum Gasteiger partial charge on any atom is -0.379 e. The fourth-order valence-electron chi connectivity index (χ4n) is 3.49. The van der Waals surface area contributed by atoms with Crippen molar-refractivity contribution in [3.63, 3.8) is 0 Å². The highest BCUT2D eigenvalue weighted by Crippen LogP contribution is 2.25. The number of carbonyl (C=O) groups excluding carboxylic acids is 1. The summed E-state index contributed by atoms with van der Waals surface area (Å²) >= 11 is 0. The van der Waals surface area contributed by atoms with E-state index < -0.39 is 21.7 Å². The molecule has 2 heterocycles. The molecule has 0 bridgehead atoms. The number of fused-ring (bicyclic) bond motifs is 1. The quantitative estimate of drug-likeness (QED) is 0.669. The second-order valence-corrected chi connectivity index (χ2v) is 9.34. The fourth-order valence-corrected chi connectivity index (χ4v) is 4.92. The van der Waals surface area contributed by atoms with Crippen molar-refractivity contribution in [2.75, 3.05) is 31.6 Å². The molecule has 0 atom stereocenters. The molecule has 1 aliphatic heterocycles. The molecular formula is C22H22FN3O4S. The van der Waals surface area contributed by atoms with Crippen LogP contribution in [0.2, 0.25) is 0 Å². The third-order valence-corrected chi connectivity index (χ3v) is 7.17. The van der Waals surface area contributed by atoms with Crippen molar-refractivity contribution in [1.82, 2.24) is 9.29 Å². The molecular weight excluding hydrogens is 421 g/mol. The summed E-state index contributed by atoms with van der Waals surface area (Å²) in [6.07, 6.45) is 0. The number of hydrogen-bond donors (Lipinski definition) is 1. The normalized spacial score (nSPS) is 15.2. The average molecular weight is 444 g/mol. The lowest BCUT2D eigenvalue weighted by molar-refractivity contribution is 0.0730. The maximum atomic E-state index is 13.4. The van der Waals surface area contributed by atoms with Crippen LogP contribution in [0.5, 0.6) is 0 Å². The number of benzene rings is 2. The minimum atomic E-state index is -3.69. The van der Waals surface area contributed by atoms with Gasteiger partial charge in [0, 0.05) is 30.2 Å². The number of rotatable bonds is 4. The summed E-state index contributed by atoms with van der Waals surface area (Å²) in [5.41, 5.74) is 2.37. The number of halogens is 1. The highest BCUT2D eigenvalue weighted by Gasteiger charge is 2.27. The van der Waals surface area contributed by atoms with E-state index in [0.29, 0.717) is 54.2 Å². The number of aryl methyl sites for hydroxylation is 2. The van der Waals surface area contributed by atoms with E-state index in [-0.39, 0.29) is 4.90 Å². The number of nitrogens with zero attached hydrogens (tertiary/aromatic N) is 2. The lowest BCUT2D eigenvalue weighted by atomic mass is 10.1. The van der Waals surface area contributed by atoms with Crippen molar-refractivity contribution in [1.29, 1.82) is 0 Å². The molecule has 2 aromatic carbocycles. The smallest absolute Gasteiger partial charge is 0.257 e. The standard InChI is InChI=1S/C22H22FN3O4S/c1-14-3-6-18(31(28,29)26-7-9-30-10-8-26)13-20(14)25-22(27)19-11-16-4-5-17(23)12-21(16)24-15(19)2/h3-6,11-13H,7-10H2,1-2H3,(H,25,27). The Bertz CT molecular complexity index is 1270.